The van der Waals surface area contributed by atoms with Crippen molar-refractivity contribution in [2.45, 2.75) is 31.3 Å². The Morgan fingerprint density at radius 2 is 1.86 bits per heavy atom. The van der Waals surface area contributed by atoms with Crippen LogP contribution in [-0.4, -0.2) is 41.2 Å². The Morgan fingerprint density at radius 1 is 1.14 bits per heavy atom. The van der Waals surface area contributed by atoms with Gasteiger partial charge in [0.05, 0.1) is 16.2 Å². The summed E-state index contributed by atoms with van der Waals surface area (Å²) in [4.78, 5) is 16.9. The van der Waals surface area contributed by atoms with E-state index in [0.29, 0.717) is 30.3 Å². The van der Waals surface area contributed by atoms with E-state index in [4.69, 9.17) is 4.74 Å². The highest BCUT2D eigenvalue weighted by Gasteiger charge is 2.28. The van der Waals surface area contributed by atoms with Gasteiger partial charge < -0.3 is 9.14 Å². The Morgan fingerprint density at radius 3 is 2.55 bits per heavy atom. The molecule has 3 heterocycles. The summed E-state index contributed by atoms with van der Waals surface area (Å²) in [6.07, 6.45) is 5.41. The topological polar surface area (TPSA) is 81.0 Å². The van der Waals surface area contributed by atoms with Gasteiger partial charge in [-0.05, 0) is 55.2 Å². The highest BCUT2D eigenvalue weighted by Crippen LogP contribution is 2.23. The summed E-state index contributed by atoms with van der Waals surface area (Å²) in [6, 6.07) is 11.6. The number of rotatable bonds is 5. The van der Waals surface area contributed by atoms with Crippen LogP contribution in [0.1, 0.15) is 35.8 Å². The van der Waals surface area contributed by atoms with Crippen LogP contribution < -0.4 is 0 Å². The molecule has 0 N–H and O–H groups in total. The normalized spacial score (nSPS) is 16.2. The Hall–Kier alpha value is -2.71. The molecular weight excluding hydrogens is 390 g/mol. The van der Waals surface area contributed by atoms with E-state index < -0.39 is 16.0 Å². The first kappa shape index (κ1) is 19.6. The lowest BCUT2D eigenvalue weighted by Gasteiger charge is -2.29. The number of pyridine rings is 1. The number of carbonyl (C=O) groups excluding carboxylic acids is 1. The second-order valence-corrected chi connectivity index (χ2v) is 9.32. The quantitative estimate of drug-likeness (QED) is 0.601. The largest absolute Gasteiger partial charge is 0.456 e. The Kier molecular flexibility index (Phi) is 5.38. The Bertz CT molecular complexity index is 1080. The summed E-state index contributed by atoms with van der Waals surface area (Å²) in [5.41, 5.74) is 1.73. The zero-order chi connectivity index (χ0) is 20.4. The first-order valence-electron chi connectivity index (χ1n) is 9.63. The minimum Gasteiger partial charge on any atom is -0.456 e. The number of hydrogen-bond donors (Lipinski definition) is 0. The number of benzene rings is 1. The van der Waals surface area contributed by atoms with Gasteiger partial charge in [0.2, 0.25) is 10.0 Å². The number of ether oxygens (including phenoxy) is 1. The lowest BCUT2D eigenvalue weighted by atomic mass is 10.0. The van der Waals surface area contributed by atoms with Crippen LogP contribution in [0, 0.1) is 5.92 Å². The van der Waals surface area contributed by atoms with Crippen LogP contribution in [0.4, 0.5) is 0 Å². The molecule has 0 unspecified atom stereocenters. The van der Waals surface area contributed by atoms with Crippen molar-refractivity contribution in [3.8, 4) is 0 Å². The molecule has 0 saturated carbocycles. The molecule has 0 bridgehead atoms. The van der Waals surface area contributed by atoms with Crippen molar-refractivity contribution >= 4 is 21.6 Å². The van der Waals surface area contributed by atoms with Crippen LogP contribution in [0.15, 0.2) is 59.8 Å². The van der Waals surface area contributed by atoms with E-state index in [0.717, 1.165) is 18.5 Å². The standard InChI is InChI=1S/C21H23N3O4S/c1-16-9-12-24(13-10-16)29(26,27)19-7-5-17(6-8-19)21(25)28-15-18-14-23-11-3-2-4-20(23)22-18/h2-8,11,14,16H,9-10,12-13,15H2,1H3. The summed E-state index contributed by atoms with van der Waals surface area (Å²) in [5, 5.41) is 0. The molecule has 0 amide bonds. The number of sulfonamides is 1. The monoisotopic (exact) mass is 413 g/mol. The van der Waals surface area contributed by atoms with Gasteiger partial charge in [-0.1, -0.05) is 13.0 Å². The van der Waals surface area contributed by atoms with E-state index in [-0.39, 0.29) is 11.5 Å². The number of nitrogens with zero attached hydrogens (tertiary/aromatic N) is 3. The second-order valence-electron chi connectivity index (χ2n) is 7.39. The summed E-state index contributed by atoms with van der Waals surface area (Å²) in [5.74, 6) is 0.0318. The number of hydrogen-bond acceptors (Lipinski definition) is 5. The summed E-state index contributed by atoms with van der Waals surface area (Å²) >= 11 is 0. The average Bonchev–Trinajstić information content (AvgIpc) is 3.15. The van der Waals surface area contributed by atoms with Gasteiger partial charge in [-0.3, -0.25) is 0 Å². The predicted octanol–water partition coefficient (Wildman–Crippen LogP) is 3.11. The zero-order valence-corrected chi connectivity index (χ0v) is 17.0. The number of fused-ring (bicyclic) bond motifs is 1. The maximum Gasteiger partial charge on any atom is 0.338 e. The first-order chi connectivity index (χ1) is 13.9. The molecular formula is C21H23N3O4S. The van der Waals surface area contributed by atoms with E-state index >= 15 is 0 Å². The SMILES string of the molecule is CC1CCN(S(=O)(=O)c2ccc(C(=O)OCc3cn4ccccc4n3)cc2)CC1. The molecule has 7 nitrogen and oxygen atoms in total. The minimum atomic E-state index is -3.53. The maximum absolute atomic E-state index is 12.8. The lowest BCUT2D eigenvalue weighted by Crippen LogP contribution is -2.37. The molecule has 1 aromatic carbocycles. The molecule has 1 fully saturated rings. The van der Waals surface area contributed by atoms with E-state index in [1.54, 1.807) is 6.20 Å². The highest BCUT2D eigenvalue weighted by atomic mass is 32.2. The van der Waals surface area contributed by atoms with Gasteiger partial charge >= 0.3 is 5.97 Å². The molecule has 1 saturated heterocycles. The van der Waals surface area contributed by atoms with Crippen molar-refractivity contribution in [1.29, 1.82) is 0 Å². The van der Waals surface area contributed by atoms with Crippen LogP contribution in [0.2, 0.25) is 0 Å². The number of carbonyl (C=O) groups is 1. The van der Waals surface area contributed by atoms with E-state index in [2.05, 4.69) is 11.9 Å². The highest BCUT2D eigenvalue weighted by molar-refractivity contribution is 7.89. The van der Waals surface area contributed by atoms with Gasteiger partial charge in [0.25, 0.3) is 0 Å². The Balaban J connectivity index is 1.41. The van der Waals surface area contributed by atoms with Gasteiger partial charge in [-0.25, -0.2) is 18.2 Å². The van der Waals surface area contributed by atoms with Crippen molar-refractivity contribution in [2.24, 2.45) is 5.92 Å². The molecule has 0 spiro atoms. The van der Waals surface area contributed by atoms with E-state index in [9.17, 15) is 13.2 Å². The molecule has 0 aliphatic carbocycles. The first-order valence-corrected chi connectivity index (χ1v) is 11.1. The molecule has 1 aliphatic heterocycles. The smallest absolute Gasteiger partial charge is 0.338 e. The Labute approximate surface area is 170 Å². The summed E-state index contributed by atoms with van der Waals surface area (Å²) in [7, 11) is -3.53. The van der Waals surface area contributed by atoms with Gasteiger partial charge in [-0.15, -0.1) is 0 Å². The molecule has 8 heteroatoms. The van der Waals surface area contributed by atoms with Crippen molar-refractivity contribution in [3.63, 3.8) is 0 Å². The van der Waals surface area contributed by atoms with E-state index in [1.165, 1.54) is 28.6 Å². The molecule has 4 rings (SSSR count). The molecule has 1 aliphatic rings. The van der Waals surface area contributed by atoms with Crippen molar-refractivity contribution in [3.05, 3.63) is 66.1 Å². The van der Waals surface area contributed by atoms with Crippen LogP contribution in [0.3, 0.4) is 0 Å². The molecule has 29 heavy (non-hydrogen) atoms. The second kappa shape index (κ2) is 7.96. The van der Waals surface area contributed by atoms with Crippen LogP contribution >= 0.6 is 0 Å². The molecule has 0 radical (unpaired) electrons. The van der Waals surface area contributed by atoms with Gasteiger partial charge in [0.15, 0.2) is 0 Å². The van der Waals surface area contributed by atoms with Crippen molar-refractivity contribution in [1.82, 2.24) is 13.7 Å². The third kappa shape index (κ3) is 4.18. The number of aromatic nitrogens is 2. The third-order valence-electron chi connectivity index (χ3n) is 5.24. The van der Waals surface area contributed by atoms with Crippen molar-refractivity contribution < 1.29 is 17.9 Å². The van der Waals surface area contributed by atoms with E-state index in [1.807, 2.05) is 28.8 Å². The fraction of sp³-hybridized carbons (Fsp3) is 0.333. The molecule has 2 aromatic heterocycles. The fourth-order valence-electron chi connectivity index (χ4n) is 3.42. The zero-order valence-electron chi connectivity index (χ0n) is 16.2. The summed E-state index contributed by atoms with van der Waals surface area (Å²) < 4.78 is 34.2. The minimum absolute atomic E-state index is 0.0481. The van der Waals surface area contributed by atoms with Crippen LogP contribution in [0.5, 0.6) is 0 Å². The summed E-state index contributed by atoms with van der Waals surface area (Å²) in [6.45, 7) is 3.25. The molecule has 152 valence electrons. The van der Waals surface area contributed by atoms with Gasteiger partial charge in [0.1, 0.15) is 12.3 Å². The number of esters is 1. The number of imidazole rings is 1. The van der Waals surface area contributed by atoms with Gasteiger partial charge in [0, 0.05) is 25.5 Å². The molecule has 0 atom stereocenters. The lowest BCUT2D eigenvalue weighted by molar-refractivity contribution is 0.0468. The maximum atomic E-state index is 12.8. The van der Waals surface area contributed by atoms with Gasteiger partial charge in [-0.2, -0.15) is 4.31 Å². The molecule has 3 aromatic rings. The third-order valence-corrected chi connectivity index (χ3v) is 7.15. The van der Waals surface area contributed by atoms with Crippen LogP contribution in [-0.2, 0) is 21.4 Å². The van der Waals surface area contributed by atoms with Crippen molar-refractivity contribution in [2.75, 3.05) is 13.1 Å². The van der Waals surface area contributed by atoms with Crippen LogP contribution in [0.25, 0.3) is 5.65 Å². The fourth-order valence-corrected chi connectivity index (χ4v) is 4.89. The predicted molar refractivity (Wildman–Crippen MR) is 108 cm³/mol. The number of piperidine rings is 1. The average molecular weight is 413 g/mol.